The molecule has 0 aliphatic heterocycles. The third-order valence-corrected chi connectivity index (χ3v) is 4.22. The monoisotopic (exact) mass is 300 g/mol. The van der Waals surface area contributed by atoms with Crippen LogP contribution in [0.1, 0.15) is 5.56 Å². The predicted octanol–water partition coefficient (Wildman–Crippen LogP) is 2.63. The van der Waals surface area contributed by atoms with Crippen molar-refractivity contribution in [1.82, 2.24) is 0 Å². The normalized spacial score (nSPS) is 8.08. The molecule has 1 aromatic carbocycles. The zero-order valence-corrected chi connectivity index (χ0v) is 11.5. The van der Waals surface area contributed by atoms with Gasteiger partial charge in [-0.15, -0.1) is 23.6 Å². The fourth-order valence-electron chi connectivity index (χ4n) is 1.01. The summed E-state index contributed by atoms with van der Waals surface area (Å²) in [7, 11) is 0. The number of allylic oxidation sites excluding steroid dienone is 1. The summed E-state index contributed by atoms with van der Waals surface area (Å²) in [6.07, 6.45) is 2.92. The number of hydrogen-bond acceptors (Lipinski definition) is 0. The van der Waals surface area contributed by atoms with Gasteiger partial charge < -0.3 is 0 Å². The molecule has 0 nitrogen and oxygen atoms in total. The van der Waals surface area contributed by atoms with Crippen molar-refractivity contribution < 1.29 is 0 Å². The zero-order valence-electron chi connectivity index (χ0n) is 6.79. The standard InChI is InChI=1S/C9H9.2BrH.Mg/c1-2-6-9-7-4-3-5-8-9;;;/h2-4,7-8H,1,6H2;2*1H;/q;;;+1/p-1. The molecule has 62 valence electrons. The Bertz CT molecular complexity index is 248. The minimum absolute atomic E-state index is 0. The van der Waals surface area contributed by atoms with Crippen LogP contribution in [-0.2, 0) is 6.42 Å². The Hall–Kier alpha value is 0.686. The first-order valence-electron chi connectivity index (χ1n) is 3.61. The quantitative estimate of drug-likeness (QED) is 0.595. The molecule has 0 unspecified atom stereocenters. The van der Waals surface area contributed by atoms with E-state index in [-0.39, 0.29) is 35.2 Å². The van der Waals surface area contributed by atoms with E-state index >= 15 is 0 Å². The highest BCUT2D eigenvalue weighted by Crippen LogP contribution is 1.98. The molecule has 0 saturated heterocycles. The number of halogens is 2. The van der Waals surface area contributed by atoms with Gasteiger partial charge in [0.25, 0.3) is 0 Å². The molecular formula is C9H10Br2Mg. The summed E-state index contributed by atoms with van der Waals surface area (Å²) in [5, 5.41) is 0. The largest absolute Gasteiger partial charge is 0.506 e. The highest BCUT2D eigenvalue weighted by molar-refractivity contribution is 9.23. The first kappa shape index (κ1) is 12.7. The van der Waals surface area contributed by atoms with Gasteiger partial charge in [0.15, 0.2) is 0 Å². The number of rotatable bonds is 3. The average Bonchev–Trinajstić information content (AvgIpc) is 2.06. The van der Waals surface area contributed by atoms with Crippen LogP contribution >= 0.6 is 29.9 Å². The molecule has 3 heteroatoms. The molecule has 0 radical (unpaired) electrons. The lowest BCUT2D eigenvalue weighted by Crippen LogP contribution is -2.07. The van der Waals surface area contributed by atoms with Crippen molar-refractivity contribution in [3.05, 3.63) is 42.5 Å². The van der Waals surface area contributed by atoms with Crippen LogP contribution in [0.2, 0.25) is 0 Å². The molecule has 1 rings (SSSR count). The van der Waals surface area contributed by atoms with Gasteiger partial charge >= 0.3 is 18.2 Å². The van der Waals surface area contributed by atoms with Crippen molar-refractivity contribution in [3.63, 3.8) is 0 Å². The highest BCUT2D eigenvalue weighted by atomic mass is 79.9. The minimum Gasteiger partial charge on any atom is -0.296 e. The van der Waals surface area contributed by atoms with Crippen molar-refractivity contribution >= 4 is 51.8 Å². The highest BCUT2D eigenvalue weighted by Gasteiger charge is 1.94. The van der Waals surface area contributed by atoms with Crippen molar-refractivity contribution in [2.24, 2.45) is 0 Å². The molecule has 0 atom stereocenters. The molecule has 0 aliphatic carbocycles. The maximum Gasteiger partial charge on any atom is 0.506 e. The molecule has 1 aromatic rings. The Labute approximate surface area is 99.8 Å². The smallest absolute Gasteiger partial charge is 0.296 e. The van der Waals surface area contributed by atoms with Crippen molar-refractivity contribution in [3.8, 4) is 0 Å². The van der Waals surface area contributed by atoms with Gasteiger partial charge in [0.05, 0.1) is 0 Å². The summed E-state index contributed by atoms with van der Waals surface area (Å²) in [6.45, 7) is 3.71. The molecule has 0 N–H and O–H groups in total. The Kier molecular flexibility index (Phi) is 7.53. The summed E-state index contributed by atoms with van der Waals surface area (Å²) in [6, 6.07) is 8.68. The maximum absolute atomic E-state index is 3.71. The summed E-state index contributed by atoms with van der Waals surface area (Å²) in [4.78, 5) is 0. The Balaban J connectivity index is 0.00000121. The van der Waals surface area contributed by atoms with Crippen LogP contribution in [0, 0.1) is 0 Å². The van der Waals surface area contributed by atoms with Crippen LogP contribution in [0.15, 0.2) is 36.9 Å². The van der Waals surface area contributed by atoms with Crippen LogP contribution in [0.4, 0.5) is 0 Å². The molecule has 0 saturated carbocycles. The second-order valence-electron chi connectivity index (χ2n) is 2.45. The Morgan fingerprint density at radius 3 is 2.83 bits per heavy atom. The SMILES string of the molecule is Br.C=CCc1ccc[c]([Mg][Br])c1. The topological polar surface area (TPSA) is 0 Å². The van der Waals surface area contributed by atoms with Crippen LogP contribution in [0.25, 0.3) is 0 Å². The molecule has 0 aliphatic rings. The van der Waals surface area contributed by atoms with E-state index in [0.29, 0.717) is 0 Å². The lowest BCUT2D eigenvalue weighted by Gasteiger charge is -1.98. The summed E-state index contributed by atoms with van der Waals surface area (Å²) < 4.78 is 1.46. The van der Waals surface area contributed by atoms with E-state index in [2.05, 4.69) is 43.7 Å². The van der Waals surface area contributed by atoms with E-state index in [1.165, 1.54) is 9.26 Å². The lowest BCUT2D eigenvalue weighted by molar-refractivity contribution is 1.29. The first-order chi connectivity index (χ1) is 5.36. The maximum atomic E-state index is 3.71. The second-order valence-corrected chi connectivity index (χ2v) is 5.21. The van der Waals surface area contributed by atoms with Crippen LogP contribution in [0.3, 0.4) is 0 Å². The van der Waals surface area contributed by atoms with E-state index in [4.69, 9.17) is 0 Å². The molecule has 0 bridgehead atoms. The van der Waals surface area contributed by atoms with Crippen LogP contribution in [-0.4, -0.2) is 18.2 Å². The number of hydrogen-bond donors (Lipinski definition) is 0. The van der Waals surface area contributed by atoms with Crippen LogP contribution in [0.5, 0.6) is 0 Å². The first-order valence-corrected chi connectivity index (χ1v) is 8.22. The van der Waals surface area contributed by atoms with E-state index < -0.39 is 0 Å². The van der Waals surface area contributed by atoms with E-state index in [1.807, 2.05) is 6.08 Å². The van der Waals surface area contributed by atoms with Crippen molar-refractivity contribution in [2.45, 2.75) is 6.42 Å². The number of benzene rings is 1. The summed E-state index contributed by atoms with van der Waals surface area (Å²) >= 11 is 3.39. The second kappa shape index (κ2) is 7.12. The summed E-state index contributed by atoms with van der Waals surface area (Å²) in [5.74, 6) is 0. The third kappa shape index (κ3) is 4.07. The molecule has 0 heterocycles. The summed E-state index contributed by atoms with van der Waals surface area (Å²) in [5.41, 5.74) is 1.37. The van der Waals surface area contributed by atoms with E-state index in [9.17, 15) is 0 Å². The minimum atomic E-state index is -0.169. The lowest BCUT2D eigenvalue weighted by atomic mass is 10.1. The predicted molar refractivity (Wildman–Crippen MR) is 65.0 cm³/mol. The van der Waals surface area contributed by atoms with Gasteiger partial charge in [-0.3, -0.25) is 12.9 Å². The van der Waals surface area contributed by atoms with Gasteiger partial charge in [-0.2, -0.15) is 3.69 Å². The molecule has 0 amide bonds. The van der Waals surface area contributed by atoms with Crippen LogP contribution < -0.4 is 3.69 Å². The van der Waals surface area contributed by atoms with E-state index in [1.54, 1.807) is 0 Å². The molecule has 0 fully saturated rings. The fraction of sp³-hybridized carbons (Fsp3) is 0.111. The molecule has 0 aromatic heterocycles. The van der Waals surface area contributed by atoms with Gasteiger partial charge in [0, 0.05) is 0 Å². The average molecular weight is 302 g/mol. The van der Waals surface area contributed by atoms with Crippen molar-refractivity contribution in [1.29, 1.82) is 0 Å². The fourth-order valence-corrected chi connectivity index (χ4v) is 2.62. The van der Waals surface area contributed by atoms with Gasteiger partial charge in [-0.1, -0.05) is 30.3 Å². The Morgan fingerprint density at radius 1 is 1.50 bits per heavy atom. The van der Waals surface area contributed by atoms with Crippen molar-refractivity contribution in [2.75, 3.05) is 0 Å². The van der Waals surface area contributed by atoms with E-state index in [0.717, 1.165) is 6.42 Å². The van der Waals surface area contributed by atoms with Gasteiger partial charge in [0.1, 0.15) is 0 Å². The van der Waals surface area contributed by atoms with Gasteiger partial charge in [-0.05, 0) is 12.0 Å². The van der Waals surface area contributed by atoms with Gasteiger partial charge in [-0.25, -0.2) is 0 Å². The third-order valence-electron chi connectivity index (χ3n) is 1.53. The Morgan fingerprint density at radius 2 is 2.25 bits per heavy atom. The molecule has 0 spiro atoms. The molecular weight excluding hydrogens is 292 g/mol. The molecule has 12 heavy (non-hydrogen) atoms. The zero-order chi connectivity index (χ0) is 8.10. The van der Waals surface area contributed by atoms with Gasteiger partial charge in [0.2, 0.25) is 0 Å².